The highest BCUT2D eigenvalue weighted by Crippen LogP contribution is 2.22. The van der Waals surface area contributed by atoms with E-state index in [1.165, 1.54) is 0 Å². The third-order valence-corrected chi connectivity index (χ3v) is 4.32. The second-order valence-corrected chi connectivity index (χ2v) is 6.20. The van der Waals surface area contributed by atoms with Crippen molar-refractivity contribution in [2.24, 2.45) is 5.73 Å². The Labute approximate surface area is 136 Å². The molecule has 1 aromatic carbocycles. The maximum Gasteiger partial charge on any atom is 0.249 e. The number of amides is 2. The van der Waals surface area contributed by atoms with Crippen LogP contribution in [0.2, 0.25) is 5.02 Å². The van der Waals surface area contributed by atoms with Gasteiger partial charge < -0.3 is 15.8 Å². The van der Waals surface area contributed by atoms with Gasteiger partial charge in [-0.1, -0.05) is 27.5 Å². The van der Waals surface area contributed by atoms with Crippen LogP contribution in [0.15, 0.2) is 22.7 Å². The molecule has 0 bridgehead atoms. The van der Waals surface area contributed by atoms with Gasteiger partial charge in [0, 0.05) is 22.5 Å². The Kier molecular flexibility index (Phi) is 5.61. The fourth-order valence-electron chi connectivity index (χ4n) is 2.19. The summed E-state index contributed by atoms with van der Waals surface area (Å²) in [6.45, 7) is 0.569. The largest absolute Gasteiger partial charge is 0.368 e. The lowest BCUT2D eigenvalue weighted by Gasteiger charge is -2.18. The minimum atomic E-state index is -0.795. The van der Waals surface area contributed by atoms with E-state index in [1.807, 2.05) is 0 Å². The first-order valence-corrected chi connectivity index (χ1v) is 7.79. The molecule has 1 saturated heterocycles. The quantitative estimate of drug-likeness (QED) is 0.823. The Balaban J connectivity index is 2.06. The molecule has 21 heavy (non-hydrogen) atoms. The zero-order valence-electron chi connectivity index (χ0n) is 11.3. The SMILES string of the molecule is NC(=O)[C@H](Cc1cc(Cl)ccc1Br)NC(=O)[C@H]1CCCO1. The predicted octanol–water partition coefficient (Wildman–Crippen LogP) is 1.79. The number of nitrogens with one attached hydrogen (secondary N) is 1. The number of carbonyl (C=O) groups is 2. The molecule has 0 aliphatic carbocycles. The summed E-state index contributed by atoms with van der Waals surface area (Å²) in [5.74, 6) is -0.886. The lowest BCUT2D eigenvalue weighted by atomic mass is 10.0. The standard InChI is InChI=1S/C14H16BrClN2O3/c15-10-4-3-9(16)6-8(10)7-11(13(17)19)18-14(20)12-2-1-5-21-12/h3-4,6,11-12H,1-2,5,7H2,(H2,17,19)(H,18,20)/t11-,12+/m0/s1. The Hall–Kier alpha value is -1.11. The van der Waals surface area contributed by atoms with Gasteiger partial charge >= 0.3 is 0 Å². The molecule has 1 fully saturated rings. The summed E-state index contributed by atoms with van der Waals surface area (Å²) in [4.78, 5) is 23.6. The third kappa shape index (κ3) is 4.43. The molecule has 0 spiro atoms. The van der Waals surface area contributed by atoms with Crippen molar-refractivity contribution in [1.29, 1.82) is 0 Å². The van der Waals surface area contributed by atoms with Gasteiger partial charge in [-0.05, 0) is 36.6 Å². The molecular weight excluding hydrogens is 360 g/mol. The highest BCUT2D eigenvalue weighted by molar-refractivity contribution is 9.10. The number of benzene rings is 1. The lowest BCUT2D eigenvalue weighted by molar-refractivity contribution is -0.133. The van der Waals surface area contributed by atoms with E-state index in [2.05, 4.69) is 21.2 Å². The van der Waals surface area contributed by atoms with Crippen molar-refractivity contribution in [3.05, 3.63) is 33.3 Å². The molecule has 114 valence electrons. The van der Waals surface area contributed by atoms with Gasteiger partial charge in [0.05, 0.1) is 0 Å². The van der Waals surface area contributed by atoms with Gasteiger partial charge in [-0.3, -0.25) is 9.59 Å². The molecule has 2 atom stereocenters. The van der Waals surface area contributed by atoms with Crippen LogP contribution < -0.4 is 11.1 Å². The van der Waals surface area contributed by atoms with Gasteiger partial charge in [-0.2, -0.15) is 0 Å². The molecule has 3 N–H and O–H groups in total. The van der Waals surface area contributed by atoms with E-state index in [0.717, 1.165) is 16.5 Å². The van der Waals surface area contributed by atoms with E-state index >= 15 is 0 Å². The molecule has 1 aromatic rings. The van der Waals surface area contributed by atoms with Crippen molar-refractivity contribution >= 4 is 39.3 Å². The number of hydrogen-bond donors (Lipinski definition) is 2. The summed E-state index contributed by atoms with van der Waals surface area (Å²) >= 11 is 9.34. The number of rotatable bonds is 5. The first-order valence-electron chi connectivity index (χ1n) is 6.62. The monoisotopic (exact) mass is 374 g/mol. The molecule has 1 heterocycles. The van der Waals surface area contributed by atoms with Gasteiger partial charge in [0.25, 0.3) is 0 Å². The Morgan fingerprint density at radius 1 is 1.52 bits per heavy atom. The van der Waals surface area contributed by atoms with Crippen LogP contribution >= 0.6 is 27.5 Å². The summed E-state index contributed by atoms with van der Waals surface area (Å²) in [7, 11) is 0. The van der Waals surface area contributed by atoms with Gasteiger partial charge in [0.2, 0.25) is 11.8 Å². The van der Waals surface area contributed by atoms with E-state index < -0.39 is 18.1 Å². The van der Waals surface area contributed by atoms with E-state index in [0.29, 0.717) is 18.1 Å². The van der Waals surface area contributed by atoms with E-state index in [4.69, 9.17) is 22.1 Å². The smallest absolute Gasteiger partial charge is 0.249 e. The number of hydrogen-bond acceptors (Lipinski definition) is 3. The Morgan fingerprint density at radius 3 is 2.90 bits per heavy atom. The zero-order chi connectivity index (χ0) is 15.4. The normalized spacial score (nSPS) is 19.2. The van der Waals surface area contributed by atoms with Crippen LogP contribution in [0, 0.1) is 0 Å². The molecule has 0 aromatic heterocycles. The molecule has 1 aliphatic heterocycles. The van der Waals surface area contributed by atoms with Crippen LogP contribution in [0.5, 0.6) is 0 Å². The molecule has 5 nitrogen and oxygen atoms in total. The number of halogens is 2. The molecule has 0 radical (unpaired) electrons. The average Bonchev–Trinajstić information content (AvgIpc) is 2.96. The van der Waals surface area contributed by atoms with Crippen LogP contribution in [-0.4, -0.2) is 30.6 Å². The summed E-state index contributed by atoms with van der Waals surface area (Å²) < 4.78 is 6.10. The van der Waals surface area contributed by atoms with Gasteiger partial charge in [0.1, 0.15) is 12.1 Å². The van der Waals surface area contributed by atoms with E-state index in [1.54, 1.807) is 18.2 Å². The lowest BCUT2D eigenvalue weighted by Crippen LogP contribution is -2.49. The van der Waals surface area contributed by atoms with Gasteiger partial charge in [-0.15, -0.1) is 0 Å². The summed E-state index contributed by atoms with van der Waals surface area (Å²) in [5, 5.41) is 3.21. The molecule has 1 aliphatic rings. The van der Waals surface area contributed by atoms with Crippen molar-refractivity contribution in [3.63, 3.8) is 0 Å². The molecule has 0 saturated carbocycles. The molecule has 2 amide bonds. The van der Waals surface area contributed by atoms with E-state index in [9.17, 15) is 9.59 Å². The average molecular weight is 376 g/mol. The molecule has 2 rings (SSSR count). The summed E-state index contributed by atoms with van der Waals surface area (Å²) in [6, 6.07) is 4.47. The number of nitrogens with two attached hydrogens (primary N) is 1. The maximum absolute atomic E-state index is 12.0. The highest BCUT2D eigenvalue weighted by atomic mass is 79.9. The molecule has 0 unspecified atom stereocenters. The summed E-state index contributed by atoms with van der Waals surface area (Å²) in [5.41, 5.74) is 6.18. The zero-order valence-corrected chi connectivity index (χ0v) is 13.6. The van der Waals surface area contributed by atoms with Crippen molar-refractivity contribution in [3.8, 4) is 0 Å². The number of carbonyl (C=O) groups excluding carboxylic acids is 2. The van der Waals surface area contributed by atoms with Crippen molar-refractivity contribution < 1.29 is 14.3 Å². The minimum Gasteiger partial charge on any atom is -0.368 e. The van der Waals surface area contributed by atoms with Crippen LogP contribution in [0.25, 0.3) is 0 Å². The van der Waals surface area contributed by atoms with Crippen LogP contribution in [0.3, 0.4) is 0 Å². The fourth-order valence-corrected chi connectivity index (χ4v) is 2.79. The van der Waals surface area contributed by atoms with Crippen LogP contribution in [0.4, 0.5) is 0 Å². The highest BCUT2D eigenvalue weighted by Gasteiger charge is 2.27. The second-order valence-electron chi connectivity index (χ2n) is 4.91. The molecular formula is C14H16BrClN2O3. The Bertz CT molecular complexity index is 547. The first kappa shape index (κ1) is 16.3. The number of primary amides is 1. The van der Waals surface area contributed by atoms with E-state index in [-0.39, 0.29) is 12.3 Å². The van der Waals surface area contributed by atoms with Crippen molar-refractivity contribution in [2.45, 2.75) is 31.4 Å². The van der Waals surface area contributed by atoms with Crippen LogP contribution in [0.1, 0.15) is 18.4 Å². The third-order valence-electron chi connectivity index (χ3n) is 3.31. The van der Waals surface area contributed by atoms with Crippen LogP contribution in [-0.2, 0) is 20.7 Å². The van der Waals surface area contributed by atoms with Crippen molar-refractivity contribution in [1.82, 2.24) is 5.32 Å². The van der Waals surface area contributed by atoms with Gasteiger partial charge in [0.15, 0.2) is 0 Å². The predicted molar refractivity (Wildman–Crippen MR) is 83.0 cm³/mol. The summed E-state index contributed by atoms with van der Waals surface area (Å²) in [6.07, 6.45) is 1.29. The van der Waals surface area contributed by atoms with Gasteiger partial charge in [-0.25, -0.2) is 0 Å². The fraction of sp³-hybridized carbons (Fsp3) is 0.429. The molecule has 7 heteroatoms. The van der Waals surface area contributed by atoms with Crippen molar-refractivity contribution in [2.75, 3.05) is 6.61 Å². The topological polar surface area (TPSA) is 81.4 Å². The second kappa shape index (κ2) is 7.24. The minimum absolute atomic E-state index is 0.273. The maximum atomic E-state index is 12.0. The number of ether oxygens (including phenoxy) is 1. The Morgan fingerprint density at radius 2 is 2.29 bits per heavy atom. The first-order chi connectivity index (χ1) is 9.97.